The number of ether oxygens (including phenoxy) is 1. The number of carboxylic acid groups (broad SMARTS) is 1. The third-order valence-electron chi connectivity index (χ3n) is 3.21. The van der Waals surface area contributed by atoms with Crippen LogP contribution in [0.2, 0.25) is 0 Å². The Hall–Kier alpha value is -2.96. The van der Waals surface area contributed by atoms with E-state index in [4.69, 9.17) is 4.74 Å². The lowest BCUT2D eigenvalue weighted by Crippen LogP contribution is -2.44. The lowest BCUT2D eigenvalue weighted by Gasteiger charge is -2.22. The number of aromatic nitrogens is 2. The first-order valence-corrected chi connectivity index (χ1v) is 7.83. The first-order chi connectivity index (χ1) is 11.7. The van der Waals surface area contributed by atoms with Crippen LogP contribution in [-0.4, -0.2) is 38.8 Å². The monoisotopic (exact) mass is 343 g/mol. The number of carbonyl (C=O) groups excluding carboxylic acids is 1. The van der Waals surface area contributed by atoms with Gasteiger partial charge in [-0.25, -0.2) is 19.6 Å². The van der Waals surface area contributed by atoms with Gasteiger partial charge < -0.3 is 15.2 Å². The van der Waals surface area contributed by atoms with Crippen LogP contribution in [0.25, 0.3) is 11.4 Å². The summed E-state index contributed by atoms with van der Waals surface area (Å²) in [4.78, 5) is 31.5. The van der Waals surface area contributed by atoms with E-state index in [1.54, 1.807) is 51.4 Å². The van der Waals surface area contributed by atoms with Crippen LogP contribution in [0.1, 0.15) is 26.3 Å². The maximum atomic E-state index is 11.8. The molecule has 7 heteroatoms. The lowest BCUT2D eigenvalue weighted by atomic mass is 10.0. The number of alkyl carbamates (subject to hydrolysis) is 1. The fourth-order valence-electron chi connectivity index (χ4n) is 2.12. The summed E-state index contributed by atoms with van der Waals surface area (Å²) in [7, 11) is 0. The fraction of sp³-hybridized carbons (Fsp3) is 0.333. The number of carbonyl (C=O) groups is 2. The molecule has 1 unspecified atom stereocenters. The van der Waals surface area contributed by atoms with E-state index in [0.717, 1.165) is 11.1 Å². The van der Waals surface area contributed by atoms with Gasteiger partial charge in [0, 0.05) is 24.4 Å². The zero-order chi connectivity index (χ0) is 18.4. The highest BCUT2D eigenvalue weighted by Gasteiger charge is 2.24. The number of amides is 1. The average Bonchev–Trinajstić information content (AvgIpc) is 2.54. The van der Waals surface area contributed by atoms with Crippen molar-refractivity contribution in [3.05, 3.63) is 48.3 Å². The van der Waals surface area contributed by atoms with Gasteiger partial charge in [0.1, 0.15) is 11.6 Å². The van der Waals surface area contributed by atoms with E-state index < -0.39 is 23.7 Å². The number of hydrogen-bond donors (Lipinski definition) is 2. The molecule has 1 heterocycles. The van der Waals surface area contributed by atoms with Crippen molar-refractivity contribution in [2.45, 2.75) is 38.8 Å². The van der Waals surface area contributed by atoms with Crippen LogP contribution in [0.3, 0.4) is 0 Å². The highest BCUT2D eigenvalue weighted by atomic mass is 16.6. The van der Waals surface area contributed by atoms with Crippen molar-refractivity contribution in [3.63, 3.8) is 0 Å². The topological polar surface area (TPSA) is 101 Å². The predicted octanol–water partition coefficient (Wildman–Crippen LogP) is 2.66. The summed E-state index contributed by atoms with van der Waals surface area (Å²) in [5, 5.41) is 11.7. The molecule has 0 aliphatic rings. The van der Waals surface area contributed by atoms with E-state index in [1.165, 1.54) is 0 Å². The van der Waals surface area contributed by atoms with Crippen LogP contribution in [0, 0.1) is 0 Å². The van der Waals surface area contributed by atoms with Gasteiger partial charge in [-0.2, -0.15) is 0 Å². The minimum atomic E-state index is -1.12. The van der Waals surface area contributed by atoms with Gasteiger partial charge in [0.15, 0.2) is 5.82 Å². The molecule has 1 amide bonds. The van der Waals surface area contributed by atoms with Gasteiger partial charge in [-0.3, -0.25) is 0 Å². The van der Waals surface area contributed by atoms with Gasteiger partial charge in [-0.15, -0.1) is 0 Å². The fourth-order valence-corrected chi connectivity index (χ4v) is 2.12. The highest BCUT2D eigenvalue weighted by molar-refractivity contribution is 5.80. The van der Waals surface area contributed by atoms with Gasteiger partial charge in [0.25, 0.3) is 0 Å². The molecule has 1 aromatic heterocycles. The molecule has 0 bridgehead atoms. The smallest absolute Gasteiger partial charge is 0.408 e. The van der Waals surface area contributed by atoms with E-state index >= 15 is 0 Å². The Kier molecular flexibility index (Phi) is 5.69. The van der Waals surface area contributed by atoms with Crippen molar-refractivity contribution in [2.75, 3.05) is 0 Å². The molecule has 0 radical (unpaired) electrons. The number of nitrogens with one attached hydrogen (secondary N) is 1. The Balaban J connectivity index is 2.04. The number of nitrogens with zero attached hydrogens (tertiary/aromatic N) is 2. The molecule has 0 aliphatic carbocycles. The molecule has 0 aliphatic heterocycles. The quantitative estimate of drug-likeness (QED) is 0.865. The zero-order valence-electron chi connectivity index (χ0n) is 14.4. The summed E-state index contributed by atoms with van der Waals surface area (Å²) in [5.74, 6) is -0.531. The zero-order valence-corrected chi connectivity index (χ0v) is 14.4. The number of rotatable bonds is 5. The predicted molar refractivity (Wildman–Crippen MR) is 92.0 cm³/mol. The van der Waals surface area contributed by atoms with E-state index in [9.17, 15) is 14.7 Å². The van der Waals surface area contributed by atoms with Gasteiger partial charge in [0.05, 0.1) is 0 Å². The minimum absolute atomic E-state index is 0.143. The lowest BCUT2D eigenvalue weighted by molar-refractivity contribution is -0.139. The molecule has 0 saturated carbocycles. The minimum Gasteiger partial charge on any atom is -0.480 e. The normalized spacial score (nSPS) is 12.3. The maximum absolute atomic E-state index is 11.8. The van der Waals surface area contributed by atoms with E-state index in [-0.39, 0.29) is 6.42 Å². The van der Waals surface area contributed by atoms with Gasteiger partial charge >= 0.3 is 12.1 Å². The molecule has 1 aromatic carbocycles. The van der Waals surface area contributed by atoms with Crippen molar-refractivity contribution in [3.8, 4) is 11.4 Å². The standard InChI is InChI=1S/C18H21N3O4/c1-18(2,3)25-17(24)21-14(16(22)23)11-12-5-7-13(8-6-12)15-19-9-4-10-20-15/h4-10,14H,11H2,1-3H3,(H,21,24)(H,22,23). The first-order valence-electron chi connectivity index (χ1n) is 7.83. The average molecular weight is 343 g/mol. The number of benzene rings is 1. The SMILES string of the molecule is CC(C)(C)OC(=O)NC(Cc1ccc(-c2ncccn2)cc1)C(=O)O. The highest BCUT2D eigenvalue weighted by Crippen LogP contribution is 2.16. The second kappa shape index (κ2) is 7.74. The van der Waals surface area contributed by atoms with Crippen LogP contribution < -0.4 is 5.32 Å². The molecule has 0 fully saturated rings. The summed E-state index contributed by atoms with van der Waals surface area (Å²) in [5.41, 5.74) is 0.907. The summed E-state index contributed by atoms with van der Waals surface area (Å²) in [6, 6.07) is 7.87. The molecule has 0 saturated heterocycles. The number of carboxylic acids is 1. The van der Waals surface area contributed by atoms with Crippen molar-refractivity contribution >= 4 is 12.1 Å². The molecule has 2 rings (SSSR count). The van der Waals surface area contributed by atoms with Crippen molar-refractivity contribution < 1.29 is 19.4 Å². The largest absolute Gasteiger partial charge is 0.480 e. The Morgan fingerprint density at radius 1 is 1.16 bits per heavy atom. The molecule has 132 valence electrons. The summed E-state index contributed by atoms with van der Waals surface area (Å²) >= 11 is 0. The third kappa shape index (κ3) is 5.87. The van der Waals surface area contributed by atoms with E-state index in [2.05, 4.69) is 15.3 Å². The van der Waals surface area contributed by atoms with Gasteiger partial charge in [-0.05, 0) is 32.4 Å². The van der Waals surface area contributed by atoms with Crippen LogP contribution in [0.5, 0.6) is 0 Å². The van der Waals surface area contributed by atoms with Crippen molar-refractivity contribution in [1.82, 2.24) is 15.3 Å². The molecule has 2 aromatic rings. The van der Waals surface area contributed by atoms with Gasteiger partial charge in [-0.1, -0.05) is 24.3 Å². The number of hydrogen-bond acceptors (Lipinski definition) is 5. The molecular weight excluding hydrogens is 322 g/mol. The Morgan fingerprint density at radius 2 is 1.76 bits per heavy atom. The second-order valence-corrected chi connectivity index (χ2v) is 6.51. The Morgan fingerprint density at radius 3 is 2.28 bits per heavy atom. The summed E-state index contributed by atoms with van der Waals surface area (Å²) in [6.07, 6.45) is 2.70. The van der Waals surface area contributed by atoms with Crippen molar-refractivity contribution in [1.29, 1.82) is 0 Å². The molecule has 2 N–H and O–H groups in total. The maximum Gasteiger partial charge on any atom is 0.408 e. The Labute approximate surface area is 146 Å². The van der Waals surface area contributed by atoms with Crippen LogP contribution in [-0.2, 0) is 16.0 Å². The molecule has 7 nitrogen and oxygen atoms in total. The van der Waals surface area contributed by atoms with Gasteiger partial charge in [0.2, 0.25) is 0 Å². The van der Waals surface area contributed by atoms with Crippen LogP contribution in [0.4, 0.5) is 4.79 Å². The Bertz CT molecular complexity index is 724. The molecule has 1 atom stereocenters. The van der Waals surface area contributed by atoms with E-state index in [1.807, 2.05) is 12.1 Å². The third-order valence-corrected chi connectivity index (χ3v) is 3.21. The van der Waals surface area contributed by atoms with Crippen molar-refractivity contribution in [2.24, 2.45) is 0 Å². The first kappa shape index (κ1) is 18.4. The van der Waals surface area contributed by atoms with E-state index in [0.29, 0.717) is 5.82 Å². The summed E-state index contributed by atoms with van der Waals surface area (Å²) in [6.45, 7) is 5.15. The molecular formula is C18H21N3O4. The van der Waals surface area contributed by atoms with Crippen LogP contribution >= 0.6 is 0 Å². The summed E-state index contributed by atoms with van der Waals surface area (Å²) < 4.78 is 5.10. The number of aliphatic carboxylic acids is 1. The molecule has 25 heavy (non-hydrogen) atoms. The van der Waals surface area contributed by atoms with Crippen LogP contribution in [0.15, 0.2) is 42.7 Å². The second-order valence-electron chi connectivity index (χ2n) is 6.51. The molecule has 0 spiro atoms.